The van der Waals surface area contributed by atoms with Crippen molar-refractivity contribution in [2.24, 2.45) is 5.92 Å². The van der Waals surface area contributed by atoms with Gasteiger partial charge in [-0.15, -0.1) is 0 Å². The van der Waals surface area contributed by atoms with Crippen LogP contribution in [0.1, 0.15) is 33.6 Å². The van der Waals surface area contributed by atoms with Crippen LogP contribution in [-0.2, 0) is 0 Å². The Hall–Kier alpha value is -0.560. The van der Waals surface area contributed by atoms with Crippen LogP contribution < -0.4 is 0 Å². The van der Waals surface area contributed by atoms with E-state index in [1.807, 2.05) is 13.0 Å². The molecule has 0 heterocycles. The van der Waals surface area contributed by atoms with E-state index in [0.717, 1.165) is 12.8 Å². The van der Waals surface area contributed by atoms with Crippen LogP contribution in [0.5, 0.6) is 0 Å². The largest absolute Gasteiger partial charge is 0.393 e. The van der Waals surface area contributed by atoms with Gasteiger partial charge in [-0.1, -0.05) is 38.2 Å². The maximum absolute atomic E-state index is 9.54. The number of aliphatic hydroxyl groups excluding tert-OH is 1. The van der Waals surface area contributed by atoms with Crippen molar-refractivity contribution >= 4 is 0 Å². The summed E-state index contributed by atoms with van der Waals surface area (Å²) in [6.45, 7) is 9.87. The SMILES string of the molecule is C=C/C=C(\C)CC(O)CC(C)C. The molecule has 0 aromatic rings. The Bertz CT molecular complexity index is 156. The zero-order valence-corrected chi connectivity index (χ0v) is 8.38. The smallest absolute Gasteiger partial charge is 0.0579 e. The van der Waals surface area contributed by atoms with Gasteiger partial charge >= 0.3 is 0 Å². The van der Waals surface area contributed by atoms with Crippen molar-refractivity contribution in [1.29, 1.82) is 0 Å². The zero-order chi connectivity index (χ0) is 9.56. The summed E-state index contributed by atoms with van der Waals surface area (Å²) in [7, 11) is 0. The molecule has 0 radical (unpaired) electrons. The fraction of sp³-hybridized carbons (Fsp3) is 0.636. The summed E-state index contributed by atoms with van der Waals surface area (Å²) in [4.78, 5) is 0. The molecule has 0 bridgehead atoms. The average molecular weight is 168 g/mol. The number of rotatable bonds is 5. The fourth-order valence-corrected chi connectivity index (χ4v) is 1.27. The third kappa shape index (κ3) is 6.17. The first-order valence-corrected chi connectivity index (χ1v) is 4.52. The number of allylic oxidation sites excluding steroid dienone is 2. The van der Waals surface area contributed by atoms with E-state index in [4.69, 9.17) is 0 Å². The molecule has 0 aliphatic heterocycles. The Balaban J connectivity index is 3.75. The molecule has 0 aliphatic rings. The summed E-state index contributed by atoms with van der Waals surface area (Å²) in [6.07, 6.45) is 5.16. The van der Waals surface area contributed by atoms with Crippen molar-refractivity contribution in [1.82, 2.24) is 0 Å². The van der Waals surface area contributed by atoms with E-state index in [1.165, 1.54) is 5.57 Å². The topological polar surface area (TPSA) is 20.2 Å². The highest BCUT2D eigenvalue weighted by molar-refractivity contribution is 5.08. The average Bonchev–Trinajstić information content (AvgIpc) is 1.84. The fourth-order valence-electron chi connectivity index (χ4n) is 1.27. The molecule has 0 amide bonds. The molecule has 1 atom stereocenters. The molecule has 70 valence electrons. The minimum Gasteiger partial charge on any atom is -0.393 e. The summed E-state index contributed by atoms with van der Waals surface area (Å²) in [5, 5.41) is 9.54. The molecule has 0 aromatic heterocycles. The monoisotopic (exact) mass is 168 g/mol. The van der Waals surface area contributed by atoms with E-state index >= 15 is 0 Å². The minimum atomic E-state index is -0.193. The Kier molecular flexibility index (Phi) is 5.73. The summed E-state index contributed by atoms with van der Waals surface area (Å²) in [5.74, 6) is 0.566. The highest BCUT2D eigenvalue weighted by Gasteiger charge is 2.06. The van der Waals surface area contributed by atoms with Gasteiger partial charge in [-0.2, -0.15) is 0 Å². The van der Waals surface area contributed by atoms with Gasteiger partial charge in [0.05, 0.1) is 6.10 Å². The van der Waals surface area contributed by atoms with Crippen LogP contribution in [0, 0.1) is 5.92 Å². The first-order valence-electron chi connectivity index (χ1n) is 4.52. The first-order chi connectivity index (χ1) is 5.56. The molecule has 1 heteroatoms. The van der Waals surface area contributed by atoms with E-state index in [9.17, 15) is 5.11 Å². The maximum atomic E-state index is 9.54. The lowest BCUT2D eigenvalue weighted by Crippen LogP contribution is -2.10. The molecule has 0 aliphatic carbocycles. The Morgan fingerprint density at radius 3 is 2.50 bits per heavy atom. The molecule has 0 fully saturated rings. The van der Waals surface area contributed by atoms with Gasteiger partial charge in [0.2, 0.25) is 0 Å². The van der Waals surface area contributed by atoms with E-state index in [0.29, 0.717) is 5.92 Å². The molecule has 0 saturated carbocycles. The third-order valence-corrected chi connectivity index (χ3v) is 1.70. The summed E-state index contributed by atoms with van der Waals surface area (Å²) < 4.78 is 0. The van der Waals surface area contributed by atoms with Gasteiger partial charge in [-0.05, 0) is 25.7 Å². The second-order valence-electron chi connectivity index (χ2n) is 3.74. The molecule has 1 N–H and O–H groups in total. The van der Waals surface area contributed by atoms with Crippen molar-refractivity contribution in [3.8, 4) is 0 Å². The van der Waals surface area contributed by atoms with Gasteiger partial charge in [0.1, 0.15) is 0 Å². The van der Waals surface area contributed by atoms with E-state index in [1.54, 1.807) is 6.08 Å². The van der Waals surface area contributed by atoms with Crippen molar-refractivity contribution in [3.05, 3.63) is 24.3 Å². The van der Waals surface area contributed by atoms with Crippen LogP contribution in [0.4, 0.5) is 0 Å². The first kappa shape index (κ1) is 11.4. The van der Waals surface area contributed by atoms with Gasteiger partial charge in [0.15, 0.2) is 0 Å². The van der Waals surface area contributed by atoms with Gasteiger partial charge in [-0.3, -0.25) is 0 Å². The molecule has 1 nitrogen and oxygen atoms in total. The van der Waals surface area contributed by atoms with Crippen molar-refractivity contribution < 1.29 is 5.11 Å². The van der Waals surface area contributed by atoms with Gasteiger partial charge in [0, 0.05) is 0 Å². The standard InChI is InChI=1S/C11H20O/c1-5-6-10(4)8-11(12)7-9(2)3/h5-6,9,11-12H,1,7-8H2,2-4H3/b10-6+. The predicted octanol–water partition coefficient (Wildman–Crippen LogP) is 2.92. The van der Waals surface area contributed by atoms with Crippen molar-refractivity contribution in [2.75, 3.05) is 0 Å². The molecule has 0 aromatic carbocycles. The van der Waals surface area contributed by atoms with Crippen molar-refractivity contribution in [2.45, 2.75) is 39.7 Å². The zero-order valence-electron chi connectivity index (χ0n) is 8.38. The lowest BCUT2D eigenvalue weighted by molar-refractivity contribution is 0.149. The predicted molar refractivity (Wildman–Crippen MR) is 54.0 cm³/mol. The third-order valence-electron chi connectivity index (χ3n) is 1.70. The molecule has 0 rings (SSSR count). The highest BCUT2D eigenvalue weighted by Crippen LogP contribution is 2.12. The Morgan fingerprint density at radius 1 is 1.50 bits per heavy atom. The molecule has 0 spiro atoms. The van der Waals surface area contributed by atoms with Crippen LogP contribution >= 0.6 is 0 Å². The summed E-state index contributed by atoms with van der Waals surface area (Å²) in [6, 6.07) is 0. The molecule has 1 unspecified atom stereocenters. The quantitative estimate of drug-likeness (QED) is 0.626. The van der Waals surface area contributed by atoms with Crippen LogP contribution in [-0.4, -0.2) is 11.2 Å². The van der Waals surface area contributed by atoms with Crippen LogP contribution in [0.15, 0.2) is 24.3 Å². The minimum absolute atomic E-state index is 0.193. The summed E-state index contributed by atoms with van der Waals surface area (Å²) in [5.41, 5.74) is 1.19. The van der Waals surface area contributed by atoms with Gasteiger partial charge < -0.3 is 5.11 Å². The van der Waals surface area contributed by atoms with E-state index < -0.39 is 0 Å². The van der Waals surface area contributed by atoms with Crippen LogP contribution in [0.2, 0.25) is 0 Å². The highest BCUT2D eigenvalue weighted by atomic mass is 16.3. The number of aliphatic hydroxyl groups is 1. The number of hydrogen-bond donors (Lipinski definition) is 1. The van der Waals surface area contributed by atoms with E-state index in [2.05, 4.69) is 20.4 Å². The Labute approximate surface area is 75.8 Å². The van der Waals surface area contributed by atoms with Gasteiger partial charge in [0.25, 0.3) is 0 Å². The normalized spacial score (nSPS) is 14.9. The lowest BCUT2D eigenvalue weighted by atomic mass is 10.0. The van der Waals surface area contributed by atoms with Crippen LogP contribution in [0.3, 0.4) is 0 Å². The summed E-state index contributed by atoms with van der Waals surface area (Å²) >= 11 is 0. The Morgan fingerprint density at radius 2 is 2.08 bits per heavy atom. The van der Waals surface area contributed by atoms with E-state index in [-0.39, 0.29) is 6.10 Å². The maximum Gasteiger partial charge on any atom is 0.0579 e. The number of hydrogen-bond acceptors (Lipinski definition) is 1. The molecule has 0 saturated heterocycles. The van der Waals surface area contributed by atoms with Gasteiger partial charge in [-0.25, -0.2) is 0 Å². The second kappa shape index (κ2) is 6.01. The second-order valence-corrected chi connectivity index (χ2v) is 3.74. The lowest BCUT2D eigenvalue weighted by Gasteiger charge is -2.12. The van der Waals surface area contributed by atoms with Crippen molar-refractivity contribution in [3.63, 3.8) is 0 Å². The van der Waals surface area contributed by atoms with Crippen LogP contribution in [0.25, 0.3) is 0 Å². The molecular weight excluding hydrogens is 148 g/mol. The molecular formula is C11H20O. The molecule has 12 heavy (non-hydrogen) atoms.